The molecule has 0 radical (unpaired) electrons. The van der Waals surface area contributed by atoms with Crippen molar-refractivity contribution in [1.82, 2.24) is 19.3 Å². The van der Waals surface area contributed by atoms with Gasteiger partial charge in [0.2, 0.25) is 0 Å². The molecule has 2 heterocycles. The SMILES string of the molecule is O=c1c2cnn(-c3ccc(F)cc3)c2ncn1C[C@H](O)COc1ccc(Cl)cc1Cl. The van der Waals surface area contributed by atoms with Gasteiger partial charge >= 0.3 is 0 Å². The molecule has 0 saturated carbocycles. The highest BCUT2D eigenvalue weighted by molar-refractivity contribution is 6.35. The van der Waals surface area contributed by atoms with Crippen LogP contribution in [-0.4, -0.2) is 37.1 Å². The van der Waals surface area contributed by atoms with Crippen LogP contribution in [0.15, 0.2) is 59.8 Å². The van der Waals surface area contributed by atoms with E-state index < -0.39 is 6.10 Å². The molecule has 7 nitrogen and oxygen atoms in total. The minimum absolute atomic E-state index is 0.0330. The number of aromatic nitrogens is 4. The molecule has 30 heavy (non-hydrogen) atoms. The van der Waals surface area contributed by atoms with Crippen molar-refractivity contribution >= 4 is 34.2 Å². The van der Waals surface area contributed by atoms with E-state index >= 15 is 0 Å². The van der Waals surface area contributed by atoms with Crippen molar-refractivity contribution < 1.29 is 14.2 Å². The van der Waals surface area contributed by atoms with Crippen LogP contribution < -0.4 is 10.3 Å². The minimum Gasteiger partial charge on any atom is -0.489 e. The van der Waals surface area contributed by atoms with Crippen molar-refractivity contribution in [3.63, 3.8) is 0 Å². The third kappa shape index (κ3) is 4.16. The molecule has 0 fully saturated rings. The van der Waals surface area contributed by atoms with Gasteiger partial charge in [-0.1, -0.05) is 23.2 Å². The second-order valence-corrected chi connectivity index (χ2v) is 7.36. The van der Waals surface area contributed by atoms with Crippen molar-refractivity contribution in [2.24, 2.45) is 0 Å². The number of rotatable bonds is 6. The summed E-state index contributed by atoms with van der Waals surface area (Å²) in [4.78, 5) is 17.0. The maximum Gasteiger partial charge on any atom is 0.264 e. The van der Waals surface area contributed by atoms with Gasteiger partial charge in [-0.2, -0.15) is 5.10 Å². The Labute approximate surface area is 179 Å². The van der Waals surface area contributed by atoms with Gasteiger partial charge in [-0.3, -0.25) is 9.36 Å². The Bertz CT molecular complexity index is 1260. The molecule has 1 atom stereocenters. The summed E-state index contributed by atoms with van der Waals surface area (Å²) in [6.45, 7) is -0.116. The lowest BCUT2D eigenvalue weighted by Crippen LogP contribution is -2.30. The van der Waals surface area contributed by atoms with Crippen molar-refractivity contribution in [2.75, 3.05) is 6.61 Å². The van der Waals surface area contributed by atoms with E-state index in [4.69, 9.17) is 27.9 Å². The zero-order valence-corrected chi connectivity index (χ0v) is 16.9. The number of fused-ring (bicyclic) bond motifs is 1. The van der Waals surface area contributed by atoms with Gasteiger partial charge in [0.15, 0.2) is 5.65 Å². The molecule has 0 unspecified atom stereocenters. The van der Waals surface area contributed by atoms with Gasteiger partial charge in [0.25, 0.3) is 5.56 Å². The fourth-order valence-corrected chi connectivity index (χ4v) is 3.37. The predicted molar refractivity (Wildman–Crippen MR) is 111 cm³/mol. The fraction of sp³-hybridized carbons (Fsp3) is 0.150. The Kier molecular flexibility index (Phi) is 5.72. The summed E-state index contributed by atoms with van der Waals surface area (Å²) in [5.74, 6) is 0.00300. The molecule has 0 amide bonds. The third-order valence-corrected chi connectivity index (χ3v) is 4.89. The molecule has 0 saturated heterocycles. The number of hydrogen-bond donors (Lipinski definition) is 1. The van der Waals surface area contributed by atoms with Crippen molar-refractivity contribution in [3.05, 3.63) is 81.2 Å². The number of hydrogen-bond acceptors (Lipinski definition) is 5. The Morgan fingerprint density at radius 2 is 1.93 bits per heavy atom. The minimum atomic E-state index is -0.985. The van der Waals surface area contributed by atoms with Crippen LogP contribution in [0.2, 0.25) is 10.0 Å². The second-order valence-electron chi connectivity index (χ2n) is 6.51. The van der Waals surface area contributed by atoms with E-state index in [1.165, 1.54) is 52.1 Å². The first-order valence-corrected chi connectivity index (χ1v) is 9.63. The summed E-state index contributed by atoms with van der Waals surface area (Å²) in [7, 11) is 0. The molecule has 2 aromatic carbocycles. The van der Waals surface area contributed by atoms with E-state index in [9.17, 15) is 14.3 Å². The number of ether oxygens (including phenoxy) is 1. The normalized spacial score (nSPS) is 12.3. The molecule has 2 aromatic heterocycles. The molecule has 4 aromatic rings. The number of benzene rings is 2. The average Bonchev–Trinajstić information content (AvgIpc) is 3.15. The first kappa shape index (κ1) is 20.3. The lowest BCUT2D eigenvalue weighted by molar-refractivity contribution is 0.0915. The summed E-state index contributed by atoms with van der Waals surface area (Å²) in [5, 5.41) is 15.5. The van der Waals surface area contributed by atoms with Crippen LogP contribution in [0.1, 0.15) is 0 Å². The number of aliphatic hydroxyl groups excluding tert-OH is 1. The van der Waals surface area contributed by atoms with Crippen LogP contribution in [-0.2, 0) is 6.54 Å². The number of aliphatic hydroxyl groups is 1. The smallest absolute Gasteiger partial charge is 0.264 e. The van der Waals surface area contributed by atoms with Crippen LogP contribution >= 0.6 is 23.2 Å². The van der Waals surface area contributed by atoms with Gasteiger partial charge in [0.05, 0.1) is 23.5 Å². The number of halogens is 3. The summed E-state index contributed by atoms with van der Waals surface area (Å²) in [5.41, 5.74) is 0.544. The Balaban J connectivity index is 1.51. The molecule has 154 valence electrons. The molecule has 0 aliphatic rings. The first-order valence-electron chi connectivity index (χ1n) is 8.87. The van der Waals surface area contributed by atoms with E-state index in [1.54, 1.807) is 12.1 Å². The van der Waals surface area contributed by atoms with Crippen molar-refractivity contribution in [2.45, 2.75) is 12.6 Å². The van der Waals surface area contributed by atoms with Gasteiger partial charge in [-0.25, -0.2) is 14.1 Å². The maximum atomic E-state index is 13.1. The van der Waals surface area contributed by atoms with Gasteiger partial charge in [0, 0.05) is 5.02 Å². The standard InChI is InChI=1S/C20H15Cl2FN4O3/c21-12-1-6-18(17(22)7-12)30-10-15(28)9-26-11-24-19-16(20(26)29)8-25-27(19)14-4-2-13(23)3-5-14/h1-8,11,15,28H,9-10H2/t15-/m0/s1. The third-order valence-electron chi connectivity index (χ3n) is 4.36. The van der Waals surface area contributed by atoms with Gasteiger partial charge in [0.1, 0.15) is 36.0 Å². The molecule has 1 N–H and O–H groups in total. The fourth-order valence-electron chi connectivity index (χ4n) is 2.91. The molecular formula is C20H15Cl2FN4O3. The second kappa shape index (κ2) is 8.43. The quantitative estimate of drug-likeness (QED) is 0.488. The number of nitrogens with zero attached hydrogens (tertiary/aromatic N) is 4. The van der Waals surface area contributed by atoms with E-state index in [0.29, 0.717) is 27.1 Å². The summed E-state index contributed by atoms with van der Waals surface area (Å²) in [6.07, 6.45) is 1.73. The van der Waals surface area contributed by atoms with Crippen LogP contribution in [0, 0.1) is 5.82 Å². The van der Waals surface area contributed by atoms with Crippen LogP contribution in [0.4, 0.5) is 4.39 Å². The molecule has 0 spiro atoms. The molecular weight excluding hydrogens is 434 g/mol. The van der Waals surface area contributed by atoms with Crippen LogP contribution in [0.3, 0.4) is 0 Å². The molecule has 0 aliphatic heterocycles. The van der Waals surface area contributed by atoms with E-state index in [-0.39, 0.29) is 29.9 Å². The first-order chi connectivity index (χ1) is 14.4. The van der Waals surface area contributed by atoms with Gasteiger partial charge < -0.3 is 9.84 Å². The largest absolute Gasteiger partial charge is 0.489 e. The Morgan fingerprint density at radius 3 is 2.67 bits per heavy atom. The molecule has 4 rings (SSSR count). The lowest BCUT2D eigenvalue weighted by Gasteiger charge is -2.14. The highest BCUT2D eigenvalue weighted by atomic mass is 35.5. The summed E-state index contributed by atoms with van der Waals surface area (Å²) in [6, 6.07) is 10.4. The zero-order chi connectivity index (χ0) is 21.3. The summed E-state index contributed by atoms with van der Waals surface area (Å²) < 4.78 is 21.4. The van der Waals surface area contributed by atoms with E-state index in [0.717, 1.165) is 0 Å². The zero-order valence-electron chi connectivity index (χ0n) is 15.4. The lowest BCUT2D eigenvalue weighted by atomic mass is 10.3. The molecule has 10 heteroatoms. The van der Waals surface area contributed by atoms with Crippen molar-refractivity contribution in [1.29, 1.82) is 0 Å². The summed E-state index contributed by atoms with van der Waals surface area (Å²) >= 11 is 11.9. The Morgan fingerprint density at radius 1 is 1.17 bits per heavy atom. The molecule has 0 bridgehead atoms. The van der Waals surface area contributed by atoms with Gasteiger partial charge in [-0.15, -0.1) is 0 Å². The highest BCUT2D eigenvalue weighted by Gasteiger charge is 2.15. The van der Waals surface area contributed by atoms with Crippen LogP contribution in [0.25, 0.3) is 16.7 Å². The molecule has 0 aliphatic carbocycles. The van der Waals surface area contributed by atoms with Gasteiger partial charge in [-0.05, 0) is 42.5 Å². The van der Waals surface area contributed by atoms with Crippen LogP contribution in [0.5, 0.6) is 5.75 Å². The Hall–Kier alpha value is -2.94. The monoisotopic (exact) mass is 448 g/mol. The van der Waals surface area contributed by atoms with E-state index in [2.05, 4.69) is 10.1 Å². The van der Waals surface area contributed by atoms with E-state index in [1.807, 2.05) is 0 Å². The predicted octanol–water partition coefficient (Wildman–Crippen LogP) is 3.47. The highest BCUT2D eigenvalue weighted by Crippen LogP contribution is 2.27. The average molecular weight is 449 g/mol. The maximum absolute atomic E-state index is 13.1. The van der Waals surface area contributed by atoms with Crippen molar-refractivity contribution in [3.8, 4) is 11.4 Å². The topological polar surface area (TPSA) is 82.2 Å².